The highest BCUT2D eigenvalue weighted by Gasteiger charge is 2.52. The molecule has 124 valence electrons. The van der Waals surface area contributed by atoms with Crippen LogP contribution in [0.1, 0.15) is 37.7 Å². The number of nitrogens with one attached hydrogen (secondary N) is 1. The molecule has 2 unspecified atom stereocenters. The van der Waals surface area contributed by atoms with E-state index in [4.69, 9.17) is 4.74 Å². The molecule has 5 nitrogen and oxygen atoms in total. The van der Waals surface area contributed by atoms with Crippen molar-refractivity contribution < 1.29 is 9.53 Å². The van der Waals surface area contributed by atoms with Gasteiger partial charge < -0.3 is 9.64 Å². The van der Waals surface area contributed by atoms with E-state index in [0.29, 0.717) is 12.3 Å². The van der Waals surface area contributed by atoms with Crippen LogP contribution < -0.4 is 0 Å². The minimum Gasteiger partial charge on any atom is -0.378 e. The number of H-pyrrole nitrogens is 1. The van der Waals surface area contributed by atoms with E-state index in [1.54, 1.807) is 11.3 Å². The molecular formula is C17H23N3O2S. The quantitative estimate of drug-likeness (QED) is 0.912. The van der Waals surface area contributed by atoms with E-state index in [1.165, 1.54) is 0 Å². The summed E-state index contributed by atoms with van der Waals surface area (Å²) in [5.74, 6) is -0.0444. The summed E-state index contributed by atoms with van der Waals surface area (Å²) >= 11 is 1.62. The van der Waals surface area contributed by atoms with Crippen LogP contribution >= 0.6 is 11.3 Å². The molecule has 0 radical (unpaired) electrons. The SMILES string of the molecule is CCOC1CC(N(C)C(=O)c2cc(-c3cccs3)[nH]n2)C1(C)C. The molecule has 3 rings (SSSR count). The van der Waals surface area contributed by atoms with Gasteiger partial charge in [-0.05, 0) is 30.9 Å². The average Bonchev–Trinajstić information content (AvgIpc) is 3.19. The summed E-state index contributed by atoms with van der Waals surface area (Å²) in [5, 5.41) is 9.16. The first-order valence-corrected chi connectivity index (χ1v) is 8.81. The Morgan fingerprint density at radius 2 is 2.35 bits per heavy atom. The van der Waals surface area contributed by atoms with Gasteiger partial charge in [0.25, 0.3) is 5.91 Å². The molecule has 0 spiro atoms. The lowest BCUT2D eigenvalue weighted by molar-refractivity contribution is -0.136. The normalized spacial score (nSPS) is 22.6. The van der Waals surface area contributed by atoms with Crippen molar-refractivity contribution in [2.75, 3.05) is 13.7 Å². The summed E-state index contributed by atoms with van der Waals surface area (Å²) in [6, 6.07) is 6.00. The summed E-state index contributed by atoms with van der Waals surface area (Å²) in [6.45, 7) is 7.04. The summed E-state index contributed by atoms with van der Waals surface area (Å²) in [5.41, 5.74) is 1.32. The predicted molar refractivity (Wildman–Crippen MR) is 91.6 cm³/mol. The van der Waals surface area contributed by atoms with Gasteiger partial charge in [-0.1, -0.05) is 19.9 Å². The molecule has 0 saturated heterocycles. The van der Waals surface area contributed by atoms with Crippen LogP contribution in [0.4, 0.5) is 0 Å². The molecule has 2 heterocycles. The Labute approximate surface area is 140 Å². The van der Waals surface area contributed by atoms with Crippen molar-refractivity contribution in [3.63, 3.8) is 0 Å². The number of rotatable bonds is 5. The zero-order valence-corrected chi connectivity index (χ0v) is 14.8. The third kappa shape index (κ3) is 2.81. The maximum absolute atomic E-state index is 12.7. The number of nitrogens with zero attached hydrogens (tertiary/aromatic N) is 2. The number of ether oxygens (including phenoxy) is 1. The second kappa shape index (κ2) is 6.09. The minimum atomic E-state index is -0.0444. The lowest BCUT2D eigenvalue weighted by atomic mass is 9.63. The van der Waals surface area contributed by atoms with Gasteiger partial charge in [0.1, 0.15) is 0 Å². The van der Waals surface area contributed by atoms with Crippen molar-refractivity contribution in [2.45, 2.75) is 39.3 Å². The molecule has 0 aromatic carbocycles. The Bertz CT molecular complexity index is 678. The lowest BCUT2D eigenvalue weighted by Gasteiger charge is -2.54. The van der Waals surface area contributed by atoms with Crippen LogP contribution in [0.3, 0.4) is 0 Å². The molecule has 6 heteroatoms. The maximum Gasteiger partial charge on any atom is 0.274 e. The first kappa shape index (κ1) is 16.2. The van der Waals surface area contributed by atoms with E-state index in [9.17, 15) is 4.79 Å². The topological polar surface area (TPSA) is 58.2 Å². The second-order valence-corrected chi connectivity index (χ2v) is 7.52. The Kier molecular flexibility index (Phi) is 4.29. The number of aromatic amines is 1. The summed E-state index contributed by atoms with van der Waals surface area (Å²) in [7, 11) is 1.86. The number of aromatic nitrogens is 2. The number of thiophene rings is 1. The van der Waals surface area contributed by atoms with Gasteiger partial charge in [0.2, 0.25) is 0 Å². The van der Waals surface area contributed by atoms with Gasteiger partial charge in [-0.15, -0.1) is 11.3 Å². The Hall–Kier alpha value is -1.66. The molecular weight excluding hydrogens is 310 g/mol. The van der Waals surface area contributed by atoms with E-state index in [0.717, 1.165) is 17.0 Å². The van der Waals surface area contributed by atoms with Crippen molar-refractivity contribution in [2.24, 2.45) is 5.41 Å². The molecule has 2 atom stereocenters. The van der Waals surface area contributed by atoms with E-state index >= 15 is 0 Å². The van der Waals surface area contributed by atoms with Crippen molar-refractivity contribution in [3.8, 4) is 10.6 Å². The highest BCUT2D eigenvalue weighted by Crippen LogP contribution is 2.45. The van der Waals surface area contributed by atoms with Crippen LogP contribution in [-0.2, 0) is 4.74 Å². The van der Waals surface area contributed by atoms with Crippen molar-refractivity contribution in [1.82, 2.24) is 15.1 Å². The summed E-state index contributed by atoms with van der Waals surface area (Å²) in [6.07, 6.45) is 1.10. The van der Waals surface area contributed by atoms with Crippen molar-refractivity contribution in [3.05, 3.63) is 29.3 Å². The van der Waals surface area contributed by atoms with Gasteiger partial charge >= 0.3 is 0 Å². The maximum atomic E-state index is 12.7. The molecule has 0 bridgehead atoms. The van der Waals surface area contributed by atoms with E-state index in [1.807, 2.05) is 42.5 Å². The third-order valence-electron chi connectivity index (χ3n) is 4.87. The van der Waals surface area contributed by atoms with Gasteiger partial charge in [0.15, 0.2) is 5.69 Å². The highest BCUT2D eigenvalue weighted by molar-refractivity contribution is 7.13. The molecule has 2 aromatic rings. The smallest absolute Gasteiger partial charge is 0.274 e. The largest absolute Gasteiger partial charge is 0.378 e. The number of hydrogen-bond donors (Lipinski definition) is 1. The van der Waals surface area contributed by atoms with Gasteiger partial charge in [0.05, 0.1) is 16.7 Å². The van der Waals surface area contributed by atoms with Gasteiger partial charge in [-0.2, -0.15) is 5.10 Å². The predicted octanol–water partition coefficient (Wildman–Crippen LogP) is 3.41. The van der Waals surface area contributed by atoms with Gasteiger partial charge in [0, 0.05) is 25.1 Å². The lowest BCUT2D eigenvalue weighted by Crippen LogP contribution is -2.62. The van der Waals surface area contributed by atoms with Crippen LogP contribution in [0.25, 0.3) is 10.6 Å². The summed E-state index contributed by atoms with van der Waals surface area (Å²) < 4.78 is 5.75. The molecule has 1 N–H and O–H groups in total. The van der Waals surface area contributed by atoms with Crippen LogP contribution in [0, 0.1) is 5.41 Å². The first-order valence-electron chi connectivity index (χ1n) is 7.93. The van der Waals surface area contributed by atoms with Crippen LogP contribution in [0.2, 0.25) is 0 Å². The second-order valence-electron chi connectivity index (χ2n) is 6.58. The average molecular weight is 333 g/mol. The van der Waals surface area contributed by atoms with Crippen molar-refractivity contribution >= 4 is 17.2 Å². The number of amides is 1. The third-order valence-corrected chi connectivity index (χ3v) is 5.77. The fourth-order valence-electron chi connectivity index (χ4n) is 3.32. The number of carbonyl (C=O) groups excluding carboxylic acids is 1. The van der Waals surface area contributed by atoms with E-state index in [2.05, 4.69) is 24.0 Å². The minimum absolute atomic E-state index is 0.0344. The molecule has 0 aliphatic heterocycles. The molecule has 1 amide bonds. The fourth-order valence-corrected chi connectivity index (χ4v) is 4.01. The fraction of sp³-hybridized carbons (Fsp3) is 0.529. The number of carbonyl (C=O) groups is 1. The zero-order chi connectivity index (χ0) is 16.6. The highest BCUT2D eigenvalue weighted by atomic mass is 32.1. The molecule has 1 saturated carbocycles. The first-order chi connectivity index (χ1) is 10.9. The Balaban J connectivity index is 1.71. The number of hydrogen-bond acceptors (Lipinski definition) is 4. The molecule has 1 aliphatic rings. The van der Waals surface area contributed by atoms with Gasteiger partial charge in [-0.25, -0.2) is 0 Å². The van der Waals surface area contributed by atoms with Crippen LogP contribution in [-0.4, -0.2) is 46.8 Å². The Morgan fingerprint density at radius 1 is 1.57 bits per heavy atom. The monoisotopic (exact) mass is 333 g/mol. The van der Waals surface area contributed by atoms with Gasteiger partial charge in [-0.3, -0.25) is 9.89 Å². The standard InChI is InChI=1S/C17H23N3O2S/c1-5-22-15-10-14(17(15,2)3)20(4)16(21)12-9-11(18-19-12)13-7-6-8-23-13/h6-9,14-15H,5,10H2,1-4H3,(H,18,19). The van der Waals surface area contributed by atoms with E-state index in [-0.39, 0.29) is 23.5 Å². The zero-order valence-electron chi connectivity index (χ0n) is 14.0. The van der Waals surface area contributed by atoms with Crippen molar-refractivity contribution in [1.29, 1.82) is 0 Å². The molecule has 1 aliphatic carbocycles. The molecule has 2 aromatic heterocycles. The van der Waals surface area contributed by atoms with E-state index < -0.39 is 0 Å². The molecule has 23 heavy (non-hydrogen) atoms. The van der Waals surface area contributed by atoms with Crippen LogP contribution in [0.15, 0.2) is 23.6 Å². The van der Waals surface area contributed by atoms with Crippen LogP contribution in [0.5, 0.6) is 0 Å². The Morgan fingerprint density at radius 3 is 2.96 bits per heavy atom. The molecule has 1 fully saturated rings. The summed E-state index contributed by atoms with van der Waals surface area (Å²) in [4.78, 5) is 15.6.